The maximum atomic E-state index is 14.1. The van der Waals surface area contributed by atoms with E-state index in [0.717, 1.165) is 29.0 Å². The van der Waals surface area contributed by atoms with Gasteiger partial charge in [-0.25, -0.2) is 8.42 Å². The van der Waals surface area contributed by atoms with Crippen molar-refractivity contribution in [3.63, 3.8) is 0 Å². The SMILES string of the molecule is CCCCNC(=O)C(Cc1ccccc1)N(Cc1ccccc1Cl)C(=O)CN(c1ccc(OC)cc1)S(C)(=O)=O. The summed E-state index contributed by atoms with van der Waals surface area (Å²) in [5.41, 5.74) is 1.82. The minimum atomic E-state index is -3.85. The van der Waals surface area contributed by atoms with E-state index >= 15 is 0 Å². The molecule has 0 aromatic heterocycles. The molecule has 1 unspecified atom stereocenters. The quantitative estimate of drug-likeness (QED) is 0.277. The molecule has 0 heterocycles. The molecule has 3 aromatic rings. The van der Waals surface area contributed by atoms with Crippen LogP contribution in [0.15, 0.2) is 78.9 Å². The highest BCUT2D eigenvalue weighted by atomic mass is 35.5. The summed E-state index contributed by atoms with van der Waals surface area (Å²) in [7, 11) is -2.34. The molecule has 3 rings (SSSR count). The highest BCUT2D eigenvalue weighted by Gasteiger charge is 2.33. The smallest absolute Gasteiger partial charge is 0.244 e. The molecule has 0 radical (unpaired) electrons. The molecule has 0 aliphatic carbocycles. The first-order valence-electron chi connectivity index (χ1n) is 13.1. The van der Waals surface area contributed by atoms with Crippen molar-refractivity contribution in [1.82, 2.24) is 10.2 Å². The van der Waals surface area contributed by atoms with Gasteiger partial charge in [-0.15, -0.1) is 0 Å². The first-order chi connectivity index (χ1) is 19.1. The van der Waals surface area contributed by atoms with Crippen molar-refractivity contribution < 1.29 is 22.7 Å². The van der Waals surface area contributed by atoms with Gasteiger partial charge in [-0.05, 0) is 47.9 Å². The lowest BCUT2D eigenvalue weighted by Gasteiger charge is -2.33. The van der Waals surface area contributed by atoms with Crippen LogP contribution in [-0.4, -0.2) is 57.6 Å². The molecule has 0 aliphatic rings. The summed E-state index contributed by atoms with van der Waals surface area (Å²) in [6.45, 7) is 2.02. The summed E-state index contributed by atoms with van der Waals surface area (Å²) >= 11 is 6.47. The second kappa shape index (κ2) is 14.7. The van der Waals surface area contributed by atoms with Crippen LogP contribution in [0.1, 0.15) is 30.9 Å². The van der Waals surface area contributed by atoms with Gasteiger partial charge in [0.05, 0.1) is 19.1 Å². The Morgan fingerprint density at radius 3 is 2.23 bits per heavy atom. The number of amides is 2. The van der Waals surface area contributed by atoms with E-state index in [0.29, 0.717) is 28.6 Å². The fourth-order valence-electron chi connectivity index (χ4n) is 4.23. The predicted molar refractivity (Wildman–Crippen MR) is 159 cm³/mol. The van der Waals surface area contributed by atoms with Crippen LogP contribution in [0.25, 0.3) is 0 Å². The number of nitrogens with zero attached hydrogens (tertiary/aromatic N) is 2. The van der Waals surface area contributed by atoms with Gasteiger partial charge in [-0.2, -0.15) is 0 Å². The zero-order chi connectivity index (χ0) is 29.1. The number of nitrogens with one attached hydrogen (secondary N) is 1. The molecule has 0 saturated heterocycles. The summed E-state index contributed by atoms with van der Waals surface area (Å²) in [5.74, 6) is -0.295. The van der Waals surface area contributed by atoms with Crippen LogP contribution < -0.4 is 14.4 Å². The Morgan fingerprint density at radius 1 is 0.975 bits per heavy atom. The minimum Gasteiger partial charge on any atom is -0.497 e. The number of halogens is 1. The van der Waals surface area contributed by atoms with Crippen LogP contribution in [0.5, 0.6) is 5.75 Å². The Labute approximate surface area is 241 Å². The third kappa shape index (κ3) is 8.72. The molecule has 40 heavy (non-hydrogen) atoms. The Kier molecular flexibility index (Phi) is 11.4. The van der Waals surface area contributed by atoms with Crippen molar-refractivity contribution in [2.45, 2.75) is 38.8 Å². The van der Waals surface area contributed by atoms with E-state index in [1.165, 1.54) is 12.0 Å². The number of carbonyl (C=O) groups excluding carboxylic acids is 2. The molecule has 1 N–H and O–H groups in total. The van der Waals surface area contributed by atoms with Gasteiger partial charge in [-0.1, -0.05) is 73.5 Å². The molecule has 0 saturated carbocycles. The lowest BCUT2D eigenvalue weighted by Crippen LogP contribution is -2.53. The average molecular weight is 586 g/mol. The molecule has 214 valence electrons. The normalized spacial score (nSPS) is 11.9. The van der Waals surface area contributed by atoms with E-state index in [1.54, 1.807) is 48.5 Å². The molecule has 3 aromatic carbocycles. The van der Waals surface area contributed by atoms with E-state index < -0.39 is 28.5 Å². The number of hydrogen-bond donors (Lipinski definition) is 1. The second-order valence-electron chi connectivity index (χ2n) is 9.43. The molecular formula is C30H36ClN3O5S. The van der Waals surface area contributed by atoms with Gasteiger partial charge in [0.1, 0.15) is 18.3 Å². The maximum Gasteiger partial charge on any atom is 0.244 e. The third-order valence-electron chi connectivity index (χ3n) is 6.44. The predicted octanol–water partition coefficient (Wildman–Crippen LogP) is 4.67. The maximum absolute atomic E-state index is 14.1. The number of carbonyl (C=O) groups is 2. The zero-order valence-electron chi connectivity index (χ0n) is 23.0. The molecule has 2 amide bonds. The number of rotatable bonds is 14. The Hall–Kier alpha value is -3.56. The van der Waals surface area contributed by atoms with Crippen LogP contribution >= 0.6 is 11.6 Å². The summed E-state index contributed by atoms with van der Waals surface area (Å²) in [5, 5.41) is 3.40. The van der Waals surface area contributed by atoms with Crippen molar-refractivity contribution in [3.05, 3.63) is 95.0 Å². The lowest BCUT2D eigenvalue weighted by atomic mass is 10.0. The van der Waals surface area contributed by atoms with Crippen molar-refractivity contribution in [3.8, 4) is 5.75 Å². The molecular weight excluding hydrogens is 550 g/mol. The minimum absolute atomic E-state index is 0.0252. The van der Waals surface area contributed by atoms with E-state index in [9.17, 15) is 18.0 Å². The van der Waals surface area contributed by atoms with E-state index in [1.807, 2.05) is 37.3 Å². The van der Waals surface area contributed by atoms with Crippen molar-refractivity contribution in [2.24, 2.45) is 0 Å². The molecule has 0 spiro atoms. The van der Waals surface area contributed by atoms with Crippen LogP contribution in [0.4, 0.5) is 5.69 Å². The van der Waals surface area contributed by atoms with E-state index in [4.69, 9.17) is 16.3 Å². The van der Waals surface area contributed by atoms with Crippen molar-refractivity contribution >= 4 is 39.1 Å². The van der Waals surface area contributed by atoms with Gasteiger partial charge in [0.25, 0.3) is 0 Å². The lowest BCUT2D eigenvalue weighted by molar-refractivity contribution is -0.140. The Bertz CT molecular complexity index is 1370. The molecule has 8 nitrogen and oxygen atoms in total. The zero-order valence-corrected chi connectivity index (χ0v) is 24.6. The first-order valence-corrected chi connectivity index (χ1v) is 15.3. The van der Waals surface area contributed by atoms with Gasteiger partial charge in [-0.3, -0.25) is 13.9 Å². The van der Waals surface area contributed by atoms with Crippen LogP contribution in [0, 0.1) is 0 Å². The number of sulfonamides is 1. The number of ether oxygens (including phenoxy) is 1. The second-order valence-corrected chi connectivity index (χ2v) is 11.7. The molecule has 0 aliphatic heterocycles. The van der Waals surface area contributed by atoms with Gasteiger partial charge in [0.2, 0.25) is 21.8 Å². The standard InChI is InChI=1S/C30H36ClN3O5S/c1-4-5-19-32-30(36)28(20-23-11-7-6-8-12-23)33(21-24-13-9-10-14-27(24)31)29(35)22-34(40(3,37)38)25-15-17-26(39-2)18-16-25/h6-18,28H,4-5,19-22H2,1-3H3,(H,32,36). The number of benzene rings is 3. The summed E-state index contributed by atoms with van der Waals surface area (Å²) in [6, 6.07) is 22.0. The molecule has 10 heteroatoms. The van der Waals surface area contributed by atoms with Crippen molar-refractivity contribution in [1.29, 1.82) is 0 Å². The van der Waals surface area contributed by atoms with Gasteiger partial charge in [0.15, 0.2) is 0 Å². The number of unbranched alkanes of at least 4 members (excludes halogenated alkanes) is 1. The number of hydrogen-bond acceptors (Lipinski definition) is 5. The highest BCUT2D eigenvalue weighted by Crippen LogP contribution is 2.24. The van der Waals surface area contributed by atoms with Gasteiger partial charge >= 0.3 is 0 Å². The van der Waals surface area contributed by atoms with E-state index in [2.05, 4.69) is 5.32 Å². The number of anilines is 1. The molecule has 1 atom stereocenters. The average Bonchev–Trinajstić information content (AvgIpc) is 2.94. The van der Waals surface area contributed by atoms with Crippen LogP contribution in [0.2, 0.25) is 5.02 Å². The molecule has 0 fully saturated rings. The highest BCUT2D eigenvalue weighted by molar-refractivity contribution is 7.92. The topological polar surface area (TPSA) is 96.0 Å². The fraction of sp³-hybridized carbons (Fsp3) is 0.333. The monoisotopic (exact) mass is 585 g/mol. The Balaban J connectivity index is 2.03. The van der Waals surface area contributed by atoms with Crippen LogP contribution in [0.3, 0.4) is 0 Å². The summed E-state index contributed by atoms with van der Waals surface area (Å²) in [4.78, 5) is 29.1. The van der Waals surface area contributed by atoms with Gasteiger partial charge in [0, 0.05) is 24.5 Å². The van der Waals surface area contributed by atoms with E-state index in [-0.39, 0.29) is 18.9 Å². The first kappa shape index (κ1) is 31.0. The molecule has 0 bridgehead atoms. The summed E-state index contributed by atoms with van der Waals surface area (Å²) in [6.07, 6.45) is 2.98. The summed E-state index contributed by atoms with van der Waals surface area (Å²) < 4.78 is 31.9. The van der Waals surface area contributed by atoms with Crippen molar-refractivity contribution in [2.75, 3.05) is 30.8 Å². The fourth-order valence-corrected chi connectivity index (χ4v) is 5.28. The van der Waals surface area contributed by atoms with Crippen LogP contribution in [-0.2, 0) is 32.6 Å². The number of methoxy groups -OCH3 is 1. The largest absolute Gasteiger partial charge is 0.497 e. The third-order valence-corrected chi connectivity index (χ3v) is 7.95. The Morgan fingerprint density at radius 2 is 1.62 bits per heavy atom. The van der Waals surface area contributed by atoms with Gasteiger partial charge < -0.3 is 15.0 Å².